The molecule has 1 saturated carbocycles. The van der Waals surface area contributed by atoms with E-state index in [1.54, 1.807) is 19.1 Å². The number of H-pyrrole nitrogens is 2. The third kappa shape index (κ3) is 6.30. The lowest BCUT2D eigenvalue weighted by molar-refractivity contribution is 0.0937. The molecule has 10 rings (SSSR count). The van der Waals surface area contributed by atoms with Crippen molar-refractivity contribution in [2.24, 2.45) is 0 Å². The molecule has 4 N–H and O–H groups in total. The number of para-hydroxylation sites is 2. The normalized spacial score (nSPS) is 16.0. The molecule has 0 bridgehead atoms. The number of carbonyl (C=O) groups is 2. The molecule has 1 saturated heterocycles. The van der Waals surface area contributed by atoms with Crippen molar-refractivity contribution in [2.75, 3.05) is 31.1 Å². The van der Waals surface area contributed by atoms with Crippen LogP contribution in [0.3, 0.4) is 0 Å². The maximum Gasteiger partial charge on any atom is 0.253 e. The molecule has 0 spiro atoms. The molecule has 11 nitrogen and oxygen atoms in total. The summed E-state index contributed by atoms with van der Waals surface area (Å²) in [5, 5.41) is 5.70. The van der Waals surface area contributed by atoms with Crippen LogP contribution in [0.5, 0.6) is 0 Å². The van der Waals surface area contributed by atoms with Crippen LogP contribution in [0.25, 0.3) is 44.6 Å². The summed E-state index contributed by atoms with van der Waals surface area (Å²) in [4.78, 5) is 50.8. The van der Waals surface area contributed by atoms with Gasteiger partial charge in [-0.15, -0.1) is 0 Å². The zero-order chi connectivity index (χ0) is 35.1. The molecular formula is C39H40FN9O2. The Labute approximate surface area is 294 Å². The Balaban J connectivity index is 0.000000133. The molecule has 12 heteroatoms. The Morgan fingerprint density at radius 2 is 1.14 bits per heavy atom. The second kappa shape index (κ2) is 13.6. The molecule has 2 amide bonds. The summed E-state index contributed by atoms with van der Waals surface area (Å²) in [6.45, 7) is 6.99. The van der Waals surface area contributed by atoms with Crippen molar-refractivity contribution in [3.05, 3.63) is 88.4 Å². The van der Waals surface area contributed by atoms with Gasteiger partial charge in [0.05, 0.1) is 33.5 Å². The van der Waals surface area contributed by atoms with Gasteiger partial charge in [0.25, 0.3) is 11.8 Å². The van der Waals surface area contributed by atoms with Gasteiger partial charge in [0.2, 0.25) is 5.95 Å². The van der Waals surface area contributed by atoms with Crippen LogP contribution < -0.4 is 15.5 Å². The number of hydrogen-bond acceptors (Lipinski definition) is 7. The Morgan fingerprint density at radius 1 is 0.627 bits per heavy atom. The van der Waals surface area contributed by atoms with E-state index in [0.717, 1.165) is 87.9 Å². The number of anilines is 1. The van der Waals surface area contributed by atoms with Gasteiger partial charge >= 0.3 is 0 Å². The number of nitrogens with zero attached hydrogens (tertiary/aromatic N) is 5. The molecule has 0 unspecified atom stereocenters. The molecule has 0 radical (unpaired) electrons. The summed E-state index contributed by atoms with van der Waals surface area (Å²) in [5.74, 6) is 0.304. The summed E-state index contributed by atoms with van der Waals surface area (Å²) >= 11 is 0. The topological polar surface area (TPSA) is 145 Å². The smallest absolute Gasteiger partial charge is 0.253 e. The number of aromatic amines is 2. The molecule has 3 aliphatic heterocycles. The van der Waals surface area contributed by atoms with Crippen LogP contribution in [0.4, 0.5) is 10.2 Å². The average Bonchev–Trinajstić information content (AvgIpc) is 3.71. The van der Waals surface area contributed by atoms with Gasteiger partial charge < -0.3 is 25.5 Å². The number of amides is 2. The summed E-state index contributed by atoms with van der Waals surface area (Å²) in [6.07, 6.45) is 8.79. The number of aryl methyl sites for hydroxylation is 2. The fourth-order valence-electron chi connectivity index (χ4n) is 6.69. The third-order valence-electron chi connectivity index (χ3n) is 10.0. The van der Waals surface area contributed by atoms with Gasteiger partial charge in [-0.1, -0.05) is 49.9 Å². The number of rotatable bonds is 3. The van der Waals surface area contributed by atoms with Gasteiger partial charge in [-0.25, -0.2) is 19.9 Å². The van der Waals surface area contributed by atoms with Crippen LogP contribution in [0.2, 0.25) is 0 Å². The van der Waals surface area contributed by atoms with Gasteiger partial charge in [-0.3, -0.25) is 9.59 Å². The Morgan fingerprint density at radius 3 is 1.61 bits per heavy atom. The summed E-state index contributed by atoms with van der Waals surface area (Å²) < 4.78 is 13.8. The second-order valence-corrected chi connectivity index (χ2v) is 13.5. The number of aromatic nitrogens is 6. The number of hydrogen-bond donors (Lipinski definition) is 4. The first kappa shape index (κ1) is 32.5. The van der Waals surface area contributed by atoms with Crippen molar-refractivity contribution < 1.29 is 14.0 Å². The highest BCUT2D eigenvalue weighted by Crippen LogP contribution is 2.32. The minimum atomic E-state index is -0.575. The number of halogens is 1. The molecule has 51 heavy (non-hydrogen) atoms. The van der Waals surface area contributed by atoms with Gasteiger partial charge in [0, 0.05) is 72.9 Å². The van der Waals surface area contributed by atoms with E-state index in [1.165, 1.54) is 32.1 Å². The molecule has 260 valence electrons. The maximum atomic E-state index is 13.8. The Bertz CT molecular complexity index is 2300. The molecule has 4 aromatic heterocycles. The minimum Gasteiger partial charge on any atom is -0.358 e. The van der Waals surface area contributed by atoms with Crippen LogP contribution >= 0.6 is 0 Å². The van der Waals surface area contributed by atoms with E-state index in [0.29, 0.717) is 29.7 Å². The highest BCUT2D eigenvalue weighted by atomic mass is 19.1. The molecular weight excluding hydrogens is 645 g/mol. The van der Waals surface area contributed by atoms with Crippen LogP contribution in [0.1, 0.15) is 75.6 Å². The third-order valence-corrected chi connectivity index (χ3v) is 10.0. The SMILES string of the molecule is C1CCC1.Cc1nc2cccc(-c3cc4c([nH]3)CCNC4=O)c2nc1F.Cc1nc2cccc(-c3cc4c([nH]3)CCNC4=O)c2nc1N1CCC1. The molecule has 7 heterocycles. The standard InChI is InChI=1S/C19H19N5O.C16H13FN4O.C4H8/c1-11-18(24-8-3-9-24)23-17-12(4-2-5-15(17)21-11)16-10-13-14(22-16)6-7-20-19(13)25;1-8-15(17)21-14-9(3-2-4-12(14)19-8)13-7-10-11(20-13)5-6-18-16(10)22;1-2-4-3-1/h2,4-5,10,22H,3,6-9H2,1H3,(H,20,25);2-4,7,20H,5-6H2,1H3,(H,18,22);1-4H2. The van der Waals surface area contributed by atoms with Crippen LogP contribution in [0.15, 0.2) is 48.5 Å². The molecule has 1 aliphatic carbocycles. The van der Waals surface area contributed by atoms with Gasteiger partial charge in [-0.05, 0) is 44.5 Å². The summed E-state index contributed by atoms with van der Waals surface area (Å²) in [7, 11) is 0. The van der Waals surface area contributed by atoms with Crippen LogP contribution in [-0.4, -0.2) is 67.9 Å². The first-order chi connectivity index (χ1) is 24.8. The minimum absolute atomic E-state index is 0.00724. The van der Waals surface area contributed by atoms with Gasteiger partial charge in [0.15, 0.2) is 5.82 Å². The van der Waals surface area contributed by atoms with Crippen LogP contribution in [-0.2, 0) is 12.8 Å². The number of benzene rings is 2. The Hall–Kier alpha value is -5.65. The molecule has 2 fully saturated rings. The predicted octanol–water partition coefficient (Wildman–Crippen LogP) is 6.35. The zero-order valence-corrected chi connectivity index (χ0v) is 28.8. The largest absolute Gasteiger partial charge is 0.358 e. The first-order valence-electron chi connectivity index (χ1n) is 17.8. The predicted molar refractivity (Wildman–Crippen MR) is 195 cm³/mol. The van der Waals surface area contributed by atoms with E-state index in [-0.39, 0.29) is 17.5 Å². The fraction of sp³-hybridized carbons (Fsp3) is 0.333. The van der Waals surface area contributed by atoms with E-state index in [2.05, 4.69) is 35.5 Å². The number of carbonyl (C=O) groups excluding carboxylic acids is 2. The summed E-state index contributed by atoms with van der Waals surface area (Å²) in [6, 6.07) is 15.3. The van der Waals surface area contributed by atoms with Crippen molar-refractivity contribution in [1.82, 2.24) is 40.5 Å². The lowest BCUT2D eigenvalue weighted by atomic mass is 10.0. The van der Waals surface area contributed by atoms with Crippen molar-refractivity contribution >= 4 is 39.7 Å². The molecule has 0 atom stereocenters. The van der Waals surface area contributed by atoms with E-state index < -0.39 is 5.95 Å². The van der Waals surface area contributed by atoms with E-state index >= 15 is 0 Å². The van der Waals surface area contributed by atoms with Crippen molar-refractivity contribution in [3.8, 4) is 22.5 Å². The van der Waals surface area contributed by atoms with Crippen molar-refractivity contribution in [1.29, 1.82) is 0 Å². The number of nitrogens with one attached hydrogen (secondary N) is 4. The van der Waals surface area contributed by atoms with Gasteiger partial charge in [-0.2, -0.15) is 4.39 Å². The van der Waals surface area contributed by atoms with E-state index in [9.17, 15) is 14.0 Å². The maximum absolute atomic E-state index is 13.8. The first-order valence-corrected chi connectivity index (χ1v) is 17.8. The highest BCUT2D eigenvalue weighted by Gasteiger charge is 2.24. The Kier molecular flexibility index (Phi) is 8.66. The van der Waals surface area contributed by atoms with Gasteiger partial charge in [0.1, 0.15) is 11.0 Å². The quantitative estimate of drug-likeness (QED) is 0.170. The summed E-state index contributed by atoms with van der Waals surface area (Å²) in [5.41, 5.74) is 10.8. The zero-order valence-electron chi connectivity index (χ0n) is 28.8. The lowest BCUT2D eigenvalue weighted by Crippen LogP contribution is -2.38. The van der Waals surface area contributed by atoms with E-state index in [1.807, 2.05) is 43.3 Å². The highest BCUT2D eigenvalue weighted by molar-refractivity contribution is 6.00. The fourth-order valence-corrected chi connectivity index (χ4v) is 6.69. The molecule has 4 aliphatic rings. The number of fused-ring (bicyclic) bond motifs is 4. The van der Waals surface area contributed by atoms with Crippen LogP contribution in [0, 0.1) is 19.8 Å². The van der Waals surface area contributed by atoms with Crippen molar-refractivity contribution in [2.45, 2.75) is 58.8 Å². The monoisotopic (exact) mass is 685 g/mol. The molecule has 6 aromatic rings. The van der Waals surface area contributed by atoms with Crippen molar-refractivity contribution in [3.63, 3.8) is 0 Å². The lowest BCUT2D eigenvalue weighted by Gasteiger charge is -2.32. The molecule has 2 aromatic carbocycles. The van der Waals surface area contributed by atoms with E-state index in [4.69, 9.17) is 9.97 Å². The average molecular weight is 686 g/mol. The second-order valence-electron chi connectivity index (χ2n) is 13.5.